The molecule has 1 aromatic carbocycles. The van der Waals surface area contributed by atoms with Crippen molar-refractivity contribution >= 4 is 17.7 Å². The first-order valence-electron chi connectivity index (χ1n) is 6.96. The summed E-state index contributed by atoms with van der Waals surface area (Å²) in [5, 5.41) is 4.19. The molecule has 0 saturated carbocycles. The number of rotatable bonds is 4. The Morgan fingerprint density at radius 3 is 2.91 bits per heavy atom. The average Bonchev–Trinajstić information content (AvgIpc) is 3.25. The maximum atomic E-state index is 5.25. The van der Waals surface area contributed by atoms with Crippen LogP contribution in [0.5, 0.6) is 0 Å². The van der Waals surface area contributed by atoms with Gasteiger partial charge in [0.25, 0.3) is 0 Å². The second kappa shape index (κ2) is 5.72. The largest absolute Gasteiger partial charge is 0.444 e. The van der Waals surface area contributed by atoms with Crippen molar-refractivity contribution in [3.8, 4) is 11.3 Å². The molecule has 3 aromatic heterocycles. The summed E-state index contributed by atoms with van der Waals surface area (Å²) in [6.45, 7) is 0. The SMILES string of the molecule is C(=NNc1ccc(-c2cnco2)cc1)c1cn2cccnc2n1. The van der Waals surface area contributed by atoms with E-state index in [0.717, 1.165) is 22.7 Å². The molecule has 3 heterocycles. The number of nitrogens with zero attached hydrogens (tertiary/aromatic N) is 5. The van der Waals surface area contributed by atoms with Gasteiger partial charge in [0, 0.05) is 24.2 Å². The second-order valence-corrected chi connectivity index (χ2v) is 4.81. The summed E-state index contributed by atoms with van der Waals surface area (Å²) in [4.78, 5) is 12.4. The molecule has 4 aromatic rings. The zero-order valence-electron chi connectivity index (χ0n) is 12.0. The van der Waals surface area contributed by atoms with Gasteiger partial charge in [-0.1, -0.05) is 0 Å². The number of aromatic nitrogens is 4. The third-order valence-corrected chi connectivity index (χ3v) is 3.25. The first kappa shape index (κ1) is 13.2. The smallest absolute Gasteiger partial charge is 0.234 e. The molecule has 1 N–H and O–H groups in total. The van der Waals surface area contributed by atoms with Crippen molar-refractivity contribution in [1.82, 2.24) is 19.4 Å². The molecule has 0 unspecified atom stereocenters. The standard InChI is InChI=1S/C16H12N6O/c1-6-18-16-20-14(10-22(16)7-1)8-19-21-13-4-2-12(3-5-13)15-9-17-11-23-15/h1-11,21H. The van der Waals surface area contributed by atoms with Gasteiger partial charge in [0.1, 0.15) is 5.69 Å². The van der Waals surface area contributed by atoms with E-state index in [2.05, 4.69) is 25.5 Å². The van der Waals surface area contributed by atoms with Crippen molar-refractivity contribution in [2.24, 2.45) is 5.10 Å². The first-order chi connectivity index (χ1) is 11.4. The topological polar surface area (TPSA) is 80.6 Å². The van der Waals surface area contributed by atoms with Crippen molar-refractivity contribution in [1.29, 1.82) is 0 Å². The lowest BCUT2D eigenvalue weighted by atomic mass is 10.2. The van der Waals surface area contributed by atoms with E-state index in [1.807, 2.05) is 47.1 Å². The Bertz CT molecular complexity index is 907. The maximum Gasteiger partial charge on any atom is 0.234 e. The fourth-order valence-electron chi connectivity index (χ4n) is 2.15. The third-order valence-electron chi connectivity index (χ3n) is 3.25. The van der Waals surface area contributed by atoms with E-state index in [0.29, 0.717) is 5.78 Å². The average molecular weight is 304 g/mol. The molecule has 0 aliphatic rings. The van der Waals surface area contributed by atoms with Crippen LogP contribution in [0.3, 0.4) is 0 Å². The molecule has 0 amide bonds. The monoisotopic (exact) mass is 304 g/mol. The number of anilines is 1. The summed E-state index contributed by atoms with van der Waals surface area (Å²) in [7, 11) is 0. The fraction of sp³-hybridized carbons (Fsp3) is 0. The molecule has 0 aliphatic heterocycles. The Morgan fingerprint density at radius 1 is 1.22 bits per heavy atom. The Kier molecular flexibility index (Phi) is 3.28. The minimum Gasteiger partial charge on any atom is -0.444 e. The molecule has 0 spiro atoms. The van der Waals surface area contributed by atoms with E-state index in [1.54, 1.807) is 18.6 Å². The molecule has 7 heteroatoms. The highest BCUT2D eigenvalue weighted by Gasteiger charge is 2.01. The van der Waals surface area contributed by atoms with Crippen LogP contribution in [-0.4, -0.2) is 25.6 Å². The number of oxazole rings is 1. The molecular formula is C16H12N6O. The minimum atomic E-state index is 0.644. The van der Waals surface area contributed by atoms with Gasteiger partial charge in [0.05, 0.1) is 18.1 Å². The predicted molar refractivity (Wildman–Crippen MR) is 86.1 cm³/mol. The number of hydrazone groups is 1. The summed E-state index contributed by atoms with van der Waals surface area (Å²) >= 11 is 0. The van der Waals surface area contributed by atoms with Crippen LogP contribution in [0.25, 0.3) is 17.1 Å². The normalized spacial score (nSPS) is 11.3. The molecule has 0 saturated heterocycles. The first-order valence-corrected chi connectivity index (χ1v) is 6.96. The number of imidazole rings is 1. The zero-order valence-corrected chi connectivity index (χ0v) is 12.0. The van der Waals surface area contributed by atoms with Crippen LogP contribution in [0, 0.1) is 0 Å². The van der Waals surface area contributed by atoms with E-state index in [4.69, 9.17) is 4.42 Å². The van der Waals surface area contributed by atoms with Gasteiger partial charge < -0.3 is 4.42 Å². The zero-order chi connectivity index (χ0) is 15.5. The highest BCUT2D eigenvalue weighted by Crippen LogP contribution is 2.20. The van der Waals surface area contributed by atoms with Crippen LogP contribution < -0.4 is 5.43 Å². The van der Waals surface area contributed by atoms with Crippen molar-refractivity contribution in [3.05, 3.63) is 67.2 Å². The molecule has 23 heavy (non-hydrogen) atoms. The molecule has 0 fully saturated rings. The minimum absolute atomic E-state index is 0.644. The molecule has 0 aliphatic carbocycles. The van der Waals surface area contributed by atoms with Crippen LogP contribution in [-0.2, 0) is 0 Å². The van der Waals surface area contributed by atoms with Gasteiger partial charge in [-0.2, -0.15) is 5.10 Å². The highest BCUT2D eigenvalue weighted by molar-refractivity contribution is 5.78. The van der Waals surface area contributed by atoms with Crippen LogP contribution in [0.15, 0.2) is 71.0 Å². The van der Waals surface area contributed by atoms with E-state index in [9.17, 15) is 0 Å². The molecule has 7 nitrogen and oxygen atoms in total. The molecule has 4 rings (SSSR count). The van der Waals surface area contributed by atoms with E-state index in [-0.39, 0.29) is 0 Å². The van der Waals surface area contributed by atoms with Gasteiger partial charge in [0.15, 0.2) is 12.2 Å². The molecule has 112 valence electrons. The molecule has 0 atom stereocenters. The van der Waals surface area contributed by atoms with Crippen molar-refractivity contribution < 1.29 is 4.42 Å². The van der Waals surface area contributed by atoms with Crippen LogP contribution >= 0.6 is 0 Å². The van der Waals surface area contributed by atoms with Gasteiger partial charge in [-0.05, 0) is 30.3 Å². The molecule has 0 radical (unpaired) electrons. The van der Waals surface area contributed by atoms with Crippen LogP contribution in [0.1, 0.15) is 5.69 Å². The van der Waals surface area contributed by atoms with E-state index < -0.39 is 0 Å². The van der Waals surface area contributed by atoms with Gasteiger partial charge in [-0.25, -0.2) is 15.0 Å². The lowest BCUT2D eigenvalue weighted by Crippen LogP contribution is -1.90. The van der Waals surface area contributed by atoms with Gasteiger partial charge >= 0.3 is 0 Å². The highest BCUT2D eigenvalue weighted by atomic mass is 16.3. The predicted octanol–water partition coefficient (Wildman–Crippen LogP) is 2.83. The van der Waals surface area contributed by atoms with Gasteiger partial charge in [-0.3, -0.25) is 9.83 Å². The lowest BCUT2D eigenvalue weighted by Gasteiger charge is -2.00. The number of hydrogen-bond acceptors (Lipinski definition) is 6. The Balaban J connectivity index is 1.46. The van der Waals surface area contributed by atoms with Crippen LogP contribution in [0.4, 0.5) is 5.69 Å². The van der Waals surface area contributed by atoms with E-state index in [1.165, 1.54) is 6.39 Å². The fourth-order valence-corrected chi connectivity index (χ4v) is 2.15. The third kappa shape index (κ3) is 2.80. The number of benzene rings is 1. The van der Waals surface area contributed by atoms with E-state index >= 15 is 0 Å². The Morgan fingerprint density at radius 2 is 2.13 bits per heavy atom. The second-order valence-electron chi connectivity index (χ2n) is 4.81. The quantitative estimate of drug-likeness (QED) is 0.463. The Hall–Kier alpha value is -3.48. The molecule has 0 bridgehead atoms. The molecular weight excluding hydrogens is 292 g/mol. The number of nitrogens with one attached hydrogen (secondary N) is 1. The van der Waals surface area contributed by atoms with Crippen LogP contribution in [0.2, 0.25) is 0 Å². The van der Waals surface area contributed by atoms with Gasteiger partial charge in [-0.15, -0.1) is 0 Å². The summed E-state index contributed by atoms with van der Waals surface area (Å²) < 4.78 is 7.09. The maximum absolute atomic E-state index is 5.25. The number of fused-ring (bicyclic) bond motifs is 1. The summed E-state index contributed by atoms with van der Waals surface area (Å²) in [5.74, 6) is 1.38. The number of hydrogen-bond donors (Lipinski definition) is 1. The lowest BCUT2D eigenvalue weighted by molar-refractivity contribution is 0.572. The van der Waals surface area contributed by atoms with Crippen molar-refractivity contribution in [2.45, 2.75) is 0 Å². The summed E-state index contributed by atoms with van der Waals surface area (Å²) in [6, 6.07) is 9.56. The summed E-state index contributed by atoms with van der Waals surface area (Å²) in [6.07, 6.45) is 10.2. The van der Waals surface area contributed by atoms with Crippen molar-refractivity contribution in [3.63, 3.8) is 0 Å². The summed E-state index contributed by atoms with van der Waals surface area (Å²) in [5.41, 5.74) is 5.52. The van der Waals surface area contributed by atoms with Gasteiger partial charge in [0.2, 0.25) is 5.78 Å². The van der Waals surface area contributed by atoms with Crippen molar-refractivity contribution in [2.75, 3.05) is 5.43 Å². The Labute approximate surface area is 131 Å².